The van der Waals surface area contributed by atoms with E-state index in [1.54, 1.807) is 0 Å². The molecule has 4 aromatic rings. The summed E-state index contributed by atoms with van der Waals surface area (Å²) in [5.41, 5.74) is 12.6. The summed E-state index contributed by atoms with van der Waals surface area (Å²) in [5.74, 6) is 0. The zero-order chi connectivity index (χ0) is 21.8. The third-order valence-corrected chi connectivity index (χ3v) is 6.89. The molecule has 7 rings (SSSR count). The maximum absolute atomic E-state index is 3.77. The van der Waals surface area contributed by atoms with Gasteiger partial charge >= 0.3 is 0 Å². The van der Waals surface area contributed by atoms with Crippen LogP contribution >= 0.6 is 0 Å². The highest BCUT2D eigenvalue weighted by molar-refractivity contribution is 5.96. The number of dihydropyridines is 1. The fourth-order valence-corrected chi connectivity index (χ4v) is 5.30. The minimum absolute atomic E-state index is 0.0964. The second-order valence-corrected chi connectivity index (χ2v) is 8.77. The molecule has 4 aromatic carbocycles. The van der Waals surface area contributed by atoms with Gasteiger partial charge in [-0.05, 0) is 70.4 Å². The van der Waals surface area contributed by atoms with E-state index in [1.165, 1.54) is 56.0 Å². The first-order valence-corrected chi connectivity index (χ1v) is 11.4. The van der Waals surface area contributed by atoms with Crippen molar-refractivity contribution in [3.8, 4) is 22.3 Å². The average molecular weight is 426 g/mol. The molecule has 2 N–H and O–H groups in total. The van der Waals surface area contributed by atoms with Crippen LogP contribution in [0.4, 0.5) is 17.1 Å². The average Bonchev–Trinajstić information content (AvgIpc) is 3.29. The molecule has 0 saturated heterocycles. The van der Waals surface area contributed by atoms with Crippen molar-refractivity contribution < 1.29 is 0 Å². The molecule has 0 spiro atoms. The molecule has 33 heavy (non-hydrogen) atoms. The van der Waals surface area contributed by atoms with Crippen molar-refractivity contribution in [2.45, 2.75) is 6.17 Å². The van der Waals surface area contributed by atoms with Gasteiger partial charge in [-0.15, -0.1) is 0 Å². The van der Waals surface area contributed by atoms with Gasteiger partial charge in [0.1, 0.15) is 6.17 Å². The van der Waals surface area contributed by atoms with Crippen LogP contribution < -0.4 is 15.5 Å². The Labute approximate surface area is 193 Å². The Morgan fingerprint density at radius 1 is 0.697 bits per heavy atom. The van der Waals surface area contributed by atoms with Gasteiger partial charge in [0, 0.05) is 17.7 Å². The third-order valence-electron chi connectivity index (χ3n) is 6.89. The van der Waals surface area contributed by atoms with Crippen LogP contribution in [-0.2, 0) is 0 Å². The molecule has 3 heteroatoms. The molecular weight excluding hydrogens is 402 g/mol. The maximum atomic E-state index is 3.77. The number of benzene rings is 4. The standard InChI is InChI=1S/C30H23N3/c1-2-7-20(8-3-1)21-12-14-24-25(17-21)26-18-22(23-9-6-16-31-19-23)13-15-28(26)33-29-11-5-4-10-27(29)32-30(24)33/h1-18,30-32H,19H2. The van der Waals surface area contributed by atoms with E-state index in [-0.39, 0.29) is 6.17 Å². The molecule has 0 aliphatic carbocycles. The lowest BCUT2D eigenvalue weighted by molar-refractivity contribution is 0.819. The van der Waals surface area contributed by atoms with Crippen LogP contribution in [0.25, 0.3) is 27.8 Å². The van der Waals surface area contributed by atoms with Crippen molar-refractivity contribution >= 4 is 22.6 Å². The zero-order valence-electron chi connectivity index (χ0n) is 18.1. The highest BCUT2D eigenvalue weighted by atomic mass is 15.3. The van der Waals surface area contributed by atoms with Crippen molar-refractivity contribution in [2.24, 2.45) is 0 Å². The normalized spacial score (nSPS) is 17.2. The van der Waals surface area contributed by atoms with Crippen LogP contribution in [0.1, 0.15) is 17.3 Å². The number of para-hydroxylation sites is 2. The fraction of sp³-hybridized carbons (Fsp3) is 0.0667. The van der Waals surface area contributed by atoms with Crippen molar-refractivity contribution in [2.75, 3.05) is 16.8 Å². The number of hydrogen-bond donors (Lipinski definition) is 2. The second-order valence-electron chi connectivity index (χ2n) is 8.77. The van der Waals surface area contributed by atoms with Crippen LogP contribution in [0.5, 0.6) is 0 Å². The van der Waals surface area contributed by atoms with Crippen molar-refractivity contribution in [1.29, 1.82) is 0 Å². The molecule has 0 fully saturated rings. The Bertz CT molecular complexity index is 1450. The molecule has 3 nitrogen and oxygen atoms in total. The molecule has 3 heterocycles. The van der Waals surface area contributed by atoms with E-state index >= 15 is 0 Å². The van der Waals surface area contributed by atoms with Gasteiger partial charge in [0.05, 0.1) is 17.1 Å². The molecule has 3 aliphatic heterocycles. The van der Waals surface area contributed by atoms with E-state index in [0.717, 1.165) is 6.54 Å². The van der Waals surface area contributed by atoms with E-state index in [2.05, 4.69) is 119 Å². The molecule has 0 aromatic heterocycles. The van der Waals surface area contributed by atoms with E-state index in [0.29, 0.717) is 0 Å². The zero-order valence-corrected chi connectivity index (χ0v) is 18.1. The summed E-state index contributed by atoms with van der Waals surface area (Å²) in [6.07, 6.45) is 6.38. The number of hydrogen-bond acceptors (Lipinski definition) is 3. The minimum atomic E-state index is 0.0964. The number of nitrogens with one attached hydrogen (secondary N) is 2. The summed E-state index contributed by atoms with van der Waals surface area (Å²) in [6, 6.07) is 33.1. The largest absolute Gasteiger partial charge is 0.387 e. The lowest BCUT2D eigenvalue weighted by Gasteiger charge is -2.36. The first-order chi connectivity index (χ1) is 16.4. The molecule has 0 radical (unpaired) electrons. The van der Waals surface area contributed by atoms with Gasteiger partial charge in [0.2, 0.25) is 0 Å². The van der Waals surface area contributed by atoms with Crippen LogP contribution in [0, 0.1) is 0 Å². The van der Waals surface area contributed by atoms with E-state index in [1.807, 2.05) is 6.20 Å². The van der Waals surface area contributed by atoms with E-state index < -0.39 is 0 Å². The Morgan fingerprint density at radius 2 is 1.52 bits per heavy atom. The number of nitrogens with zero attached hydrogens (tertiary/aromatic N) is 1. The highest BCUT2D eigenvalue weighted by Crippen LogP contribution is 2.54. The maximum Gasteiger partial charge on any atom is 0.131 e. The van der Waals surface area contributed by atoms with Crippen LogP contribution in [-0.4, -0.2) is 6.54 Å². The van der Waals surface area contributed by atoms with Gasteiger partial charge in [-0.3, -0.25) is 0 Å². The Morgan fingerprint density at radius 3 is 2.39 bits per heavy atom. The summed E-state index contributed by atoms with van der Waals surface area (Å²) in [7, 11) is 0. The van der Waals surface area contributed by atoms with Gasteiger partial charge in [-0.25, -0.2) is 0 Å². The summed E-state index contributed by atoms with van der Waals surface area (Å²) in [5, 5.41) is 7.11. The van der Waals surface area contributed by atoms with Crippen LogP contribution in [0.3, 0.4) is 0 Å². The highest BCUT2D eigenvalue weighted by Gasteiger charge is 2.37. The molecular formula is C30H23N3. The van der Waals surface area contributed by atoms with Crippen LogP contribution in [0.2, 0.25) is 0 Å². The minimum Gasteiger partial charge on any atom is -0.387 e. The van der Waals surface area contributed by atoms with Crippen molar-refractivity contribution in [3.63, 3.8) is 0 Å². The molecule has 1 atom stereocenters. The van der Waals surface area contributed by atoms with Crippen molar-refractivity contribution in [1.82, 2.24) is 5.32 Å². The lowest BCUT2D eigenvalue weighted by atomic mass is 9.87. The molecule has 158 valence electrons. The van der Waals surface area contributed by atoms with Gasteiger partial charge in [-0.2, -0.15) is 0 Å². The van der Waals surface area contributed by atoms with Gasteiger partial charge in [-0.1, -0.05) is 66.7 Å². The fourth-order valence-electron chi connectivity index (χ4n) is 5.30. The predicted molar refractivity (Wildman–Crippen MR) is 137 cm³/mol. The summed E-state index contributed by atoms with van der Waals surface area (Å²) in [6.45, 7) is 0.850. The van der Waals surface area contributed by atoms with Gasteiger partial charge in [0.15, 0.2) is 0 Å². The van der Waals surface area contributed by atoms with Crippen LogP contribution in [0.15, 0.2) is 109 Å². The quantitative estimate of drug-likeness (QED) is 0.359. The summed E-state index contributed by atoms with van der Waals surface area (Å²) >= 11 is 0. The van der Waals surface area contributed by atoms with E-state index in [9.17, 15) is 0 Å². The topological polar surface area (TPSA) is 27.3 Å². The Hall–Kier alpha value is -4.24. The van der Waals surface area contributed by atoms with Crippen molar-refractivity contribution in [3.05, 3.63) is 120 Å². The molecule has 3 aliphatic rings. The van der Waals surface area contributed by atoms with Gasteiger partial charge < -0.3 is 15.5 Å². The smallest absolute Gasteiger partial charge is 0.131 e. The monoisotopic (exact) mass is 425 g/mol. The number of allylic oxidation sites excluding steroid dienone is 2. The van der Waals surface area contributed by atoms with E-state index in [4.69, 9.17) is 0 Å². The molecule has 0 amide bonds. The summed E-state index contributed by atoms with van der Waals surface area (Å²) < 4.78 is 0. The number of fused-ring (bicyclic) bond motifs is 8. The molecule has 0 bridgehead atoms. The predicted octanol–water partition coefficient (Wildman–Crippen LogP) is 7.10. The first-order valence-electron chi connectivity index (χ1n) is 11.4. The summed E-state index contributed by atoms with van der Waals surface area (Å²) in [4.78, 5) is 2.45. The third kappa shape index (κ3) is 2.82. The first kappa shape index (κ1) is 18.3. The number of rotatable bonds is 2. The molecule has 0 saturated carbocycles. The Balaban J connectivity index is 1.46. The van der Waals surface area contributed by atoms with Gasteiger partial charge in [0.25, 0.3) is 0 Å². The Kier molecular flexibility index (Phi) is 3.97. The number of anilines is 3. The lowest BCUT2D eigenvalue weighted by Crippen LogP contribution is -2.27. The second kappa shape index (κ2) is 7.14. The SMILES string of the molecule is C1=CNCC(c2ccc3c(c2)-c2cc(-c4ccccc4)ccc2C2Nc4ccccc4N32)=C1. The molecule has 1 unspecified atom stereocenters.